The Morgan fingerprint density at radius 2 is 1.75 bits per heavy atom. The minimum Gasteiger partial charge on any atom is -0.494 e. The predicted octanol–water partition coefficient (Wildman–Crippen LogP) is 4.01. The summed E-state index contributed by atoms with van der Waals surface area (Å²) >= 11 is 0. The maximum atomic E-state index is 14.5. The highest BCUT2D eigenvalue weighted by Crippen LogP contribution is 2.30. The van der Waals surface area contributed by atoms with E-state index in [0.29, 0.717) is 56.4 Å². The zero-order valence-corrected chi connectivity index (χ0v) is 22.2. The van der Waals surface area contributed by atoms with Crippen molar-refractivity contribution in [3.8, 4) is 5.75 Å². The number of ether oxygens (including phenoxy) is 1. The van der Waals surface area contributed by atoms with Gasteiger partial charge in [0, 0.05) is 42.6 Å². The standard InChI is InChI=1S/C30H30FN7O2/c1-2-40-23-12-13-26-22(18-23)19-24(30(39)32-26)28(29-33-34-35-38(29)20-21-8-4-3-5-9-21)37-16-14-36(15-17-37)27-11-7-6-10-25(27)31/h3-13,18-19,28H,2,14-17,20H2,1H3,(H,32,39)/t28-/m0/s1. The third-order valence-electron chi connectivity index (χ3n) is 7.30. The second kappa shape index (κ2) is 11.3. The minimum absolute atomic E-state index is 0.201. The van der Waals surface area contributed by atoms with Crippen LogP contribution in [0, 0.1) is 5.82 Å². The lowest BCUT2D eigenvalue weighted by Crippen LogP contribution is -2.49. The van der Waals surface area contributed by atoms with Crippen LogP contribution >= 0.6 is 0 Å². The molecule has 1 aliphatic rings. The molecule has 3 aromatic carbocycles. The molecule has 1 N–H and O–H groups in total. The molecule has 5 aromatic rings. The SMILES string of the molecule is CCOc1ccc2[nH]c(=O)c([C@@H](c3nnnn3Cc3ccccc3)N3CCN(c4ccccc4F)CC3)cc2c1. The molecular formula is C30H30FN7O2. The first-order chi connectivity index (χ1) is 19.6. The highest BCUT2D eigenvalue weighted by molar-refractivity contribution is 5.80. The lowest BCUT2D eigenvalue weighted by atomic mass is 10.0. The van der Waals surface area contributed by atoms with Crippen LogP contribution in [0.15, 0.2) is 83.7 Å². The molecule has 0 bridgehead atoms. The zero-order valence-electron chi connectivity index (χ0n) is 22.2. The maximum Gasteiger partial charge on any atom is 0.253 e. The van der Waals surface area contributed by atoms with Gasteiger partial charge in [-0.25, -0.2) is 9.07 Å². The van der Waals surface area contributed by atoms with E-state index in [0.717, 1.165) is 22.2 Å². The molecule has 1 fully saturated rings. The van der Waals surface area contributed by atoms with Crippen LogP contribution in [0.25, 0.3) is 10.9 Å². The molecule has 0 radical (unpaired) electrons. The first kappa shape index (κ1) is 25.7. The van der Waals surface area contributed by atoms with Gasteiger partial charge in [-0.15, -0.1) is 5.10 Å². The van der Waals surface area contributed by atoms with Gasteiger partial charge in [0.25, 0.3) is 5.56 Å². The highest BCUT2D eigenvalue weighted by atomic mass is 19.1. The molecule has 10 heteroatoms. The van der Waals surface area contributed by atoms with Gasteiger partial charge >= 0.3 is 0 Å². The summed E-state index contributed by atoms with van der Waals surface area (Å²) in [5.74, 6) is 1.07. The number of fused-ring (bicyclic) bond motifs is 1. The van der Waals surface area contributed by atoms with Gasteiger partial charge in [0.2, 0.25) is 0 Å². The highest BCUT2D eigenvalue weighted by Gasteiger charge is 2.33. The molecule has 0 unspecified atom stereocenters. The smallest absolute Gasteiger partial charge is 0.253 e. The third kappa shape index (κ3) is 5.17. The van der Waals surface area contributed by atoms with E-state index in [9.17, 15) is 9.18 Å². The van der Waals surface area contributed by atoms with Crippen molar-refractivity contribution >= 4 is 16.6 Å². The summed E-state index contributed by atoms with van der Waals surface area (Å²) in [6, 6.07) is 23.8. The quantitative estimate of drug-likeness (QED) is 0.319. The van der Waals surface area contributed by atoms with Gasteiger partial charge in [-0.2, -0.15) is 0 Å². The summed E-state index contributed by atoms with van der Waals surface area (Å²) in [6.07, 6.45) is 0. The molecule has 3 heterocycles. The van der Waals surface area contributed by atoms with Gasteiger partial charge in [0.05, 0.1) is 18.8 Å². The molecule has 0 spiro atoms. The Morgan fingerprint density at radius 1 is 0.975 bits per heavy atom. The molecule has 0 aliphatic carbocycles. The fraction of sp³-hybridized carbons (Fsp3) is 0.267. The van der Waals surface area contributed by atoms with Crippen LogP contribution in [0.2, 0.25) is 0 Å². The van der Waals surface area contributed by atoms with Gasteiger partial charge in [-0.1, -0.05) is 42.5 Å². The number of piperazine rings is 1. The molecule has 1 atom stereocenters. The monoisotopic (exact) mass is 539 g/mol. The number of hydrogen-bond donors (Lipinski definition) is 1. The van der Waals surface area contributed by atoms with Crippen molar-refractivity contribution in [1.82, 2.24) is 30.1 Å². The van der Waals surface area contributed by atoms with E-state index in [2.05, 4.69) is 25.4 Å². The number of para-hydroxylation sites is 1. The predicted molar refractivity (Wildman–Crippen MR) is 151 cm³/mol. The van der Waals surface area contributed by atoms with Crippen molar-refractivity contribution in [3.63, 3.8) is 0 Å². The lowest BCUT2D eigenvalue weighted by molar-refractivity contribution is 0.200. The van der Waals surface area contributed by atoms with Crippen LogP contribution < -0.4 is 15.2 Å². The van der Waals surface area contributed by atoms with E-state index in [-0.39, 0.29) is 11.4 Å². The Kier molecular flexibility index (Phi) is 7.24. The molecule has 204 valence electrons. The summed E-state index contributed by atoms with van der Waals surface area (Å²) in [7, 11) is 0. The molecular weight excluding hydrogens is 509 g/mol. The first-order valence-corrected chi connectivity index (χ1v) is 13.4. The van der Waals surface area contributed by atoms with Crippen molar-refractivity contribution in [2.45, 2.75) is 19.5 Å². The molecule has 9 nitrogen and oxygen atoms in total. The van der Waals surface area contributed by atoms with Gasteiger partial charge < -0.3 is 14.6 Å². The number of benzene rings is 3. The number of halogens is 1. The van der Waals surface area contributed by atoms with E-state index in [1.54, 1.807) is 16.8 Å². The molecule has 40 heavy (non-hydrogen) atoms. The van der Waals surface area contributed by atoms with Crippen LogP contribution in [0.5, 0.6) is 5.75 Å². The Morgan fingerprint density at radius 3 is 2.52 bits per heavy atom. The number of nitrogens with zero attached hydrogens (tertiary/aromatic N) is 6. The van der Waals surface area contributed by atoms with Gasteiger partial charge in [-0.05, 0) is 59.3 Å². The van der Waals surface area contributed by atoms with E-state index in [4.69, 9.17) is 4.74 Å². The maximum absolute atomic E-state index is 14.5. The van der Waals surface area contributed by atoms with Crippen molar-refractivity contribution in [3.05, 3.63) is 112 Å². The Bertz CT molecular complexity index is 1660. The van der Waals surface area contributed by atoms with Gasteiger partial charge in [0.1, 0.15) is 17.6 Å². The normalized spacial score (nSPS) is 14.9. The molecule has 0 saturated carbocycles. The van der Waals surface area contributed by atoms with E-state index in [1.807, 2.05) is 72.5 Å². The molecule has 0 amide bonds. The number of aromatic nitrogens is 5. The van der Waals surface area contributed by atoms with Crippen molar-refractivity contribution < 1.29 is 9.13 Å². The number of H-pyrrole nitrogens is 1. The minimum atomic E-state index is -0.509. The second-order valence-electron chi connectivity index (χ2n) is 9.79. The molecule has 2 aromatic heterocycles. The summed E-state index contributed by atoms with van der Waals surface area (Å²) in [5, 5.41) is 13.6. The number of hydrogen-bond acceptors (Lipinski definition) is 7. The van der Waals surface area contributed by atoms with Crippen LogP contribution in [0.3, 0.4) is 0 Å². The molecule has 6 rings (SSSR count). The van der Waals surface area contributed by atoms with Crippen LogP contribution in [-0.4, -0.2) is 62.9 Å². The summed E-state index contributed by atoms with van der Waals surface area (Å²) in [5.41, 5.74) is 2.70. The number of pyridine rings is 1. The lowest BCUT2D eigenvalue weighted by Gasteiger charge is -2.39. The second-order valence-corrected chi connectivity index (χ2v) is 9.79. The fourth-order valence-electron chi connectivity index (χ4n) is 5.37. The molecule has 1 saturated heterocycles. The largest absolute Gasteiger partial charge is 0.494 e. The summed E-state index contributed by atoms with van der Waals surface area (Å²) in [6.45, 7) is 5.32. The summed E-state index contributed by atoms with van der Waals surface area (Å²) in [4.78, 5) is 20.9. The van der Waals surface area contributed by atoms with Crippen molar-refractivity contribution in [1.29, 1.82) is 0 Å². The number of rotatable bonds is 8. The van der Waals surface area contributed by atoms with Crippen LogP contribution in [0.4, 0.5) is 10.1 Å². The average molecular weight is 540 g/mol. The fourth-order valence-corrected chi connectivity index (χ4v) is 5.37. The van der Waals surface area contributed by atoms with Crippen molar-refractivity contribution in [2.75, 3.05) is 37.7 Å². The average Bonchev–Trinajstić information content (AvgIpc) is 3.42. The van der Waals surface area contributed by atoms with Gasteiger partial charge in [0.15, 0.2) is 5.82 Å². The Hall–Kier alpha value is -4.57. The van der Waals surface area contributed by atoms with E-state index in [1.165, 1.54) is 6.07 Å². The van der Waals surface area contributed by atoms with Crippen LogP contribution in [-0.2, 0) is 6.54 Å². The Balaban J connectivity index is 1.39. The van der Waals surface area contributed by atoms with Crippen molar-refractivity contribution in [2.24, 2.45) is 0 Å². The number of aromatic amines is 1. The topological polar surface area (TPSA) is 92.2 Å². The number of nitrogens with one attached hydrogen (secondary N) is 1. The van der Waals surface area contributed by atoms with E-state index >= 15 is 0 Å². The zero-order chi connectivity index (χ0) is 27.5. The summed E-state index contributed by atoms with van der Waals surface area (Å²) < 4.78 is 22.0. The molecule has 1 aliphatic heterocycles. The van der Waals surface area contributed by atoms with Crippen LogP contribution in [0.1, 0.15) is 29.9 Å². The number of tetrazole rings is 1. The Labute approximate surface area is 230 Å². The third-order valence-corrected chi connectivity index (χ3v) is 7.30. The van der Waals surface area contributed by atoms with Gasteiger partial charge in [-0.3, -0.25) is 9.69 Å². The first-order valence-electron chi connectivity index (χ1n) is 13.4. The number of anilines is 1. The van der Waals surface area contributed by atoms with E-state index < -0.39 is 6.04 Å².